The van der Waals surface area contributed by atoms with Crippen LogP contribution in [0.2, 0.25) is 19.6 Å². The molecule has 0 amide bonds. The highest BCUT2D eigenvalue weighted by Crippen LogP contribution is 2.46. The van der Waals surface area contributed by atoms with Crippen molar-refractivity contribution in [2.75, 3.05) is 4.90 Å². The van der Waals surface area contributed by atoms with E-state index in [1.165, 1.54) is 81.7 Å². The molecule has 12 rings (SSSR count). The van der Waals surface area contributed by atoms with Crippen LogP contribution in [0.3, 0.4) is 0 Å². The molecule has 75 heavy (non-hydrogen) atoms. The predicted octanol–water partition coefficient (Wildman–Crippen LogP) is 18.7. The molecule has 0 radical (unpaired) electrons. The van der Waals surface area contributed by atoms with Gasteiger partial charge in [-0.25, -0.2) is 4.98 Å². The summed E-state index contributed by atoms with van der Waals surface area (Å²) in [6.45, 7) is 28.8. The van der Waals surface area contributed by atoms with E-state index < -0.39 is 8.07 Å². The van der Waals surface area contributed by atoms with Crippen LogP contribution in [0.4, 0.5) is 11.4 Å². The summed E-state index contributed by atoms with van der Waals surface area (Å²) in [5.74, 6) is 2.43. The summed E-state index contributed by atoms with van der Waals surface area (Å²) >= 11 is 0. The summed E-state index contributed by atoms with van der Waals surface area (Å²) in [6.07, 6.45) is 1.93. The van der Waals surface area contributed by atoms with Crippen molar-refractivity contribution in [3.8, 4) is 28.4 Å². The molecule has 0 fully saturated rings. The summed E-state index contributed by atoms with van der Waals surface area (Å²) < 4.78 is 11.9. The average molecular weight is 997 g/mol. The van der Waals surface area contributed by atoms with Gasteiger partial charge in [-0.3, -0.25) is 4.57 Å². The third-order valence-corrected chi connectivity index (χ3v) is 17.7. The summed E-state index contributed by atoms with van der Waals surface area (Å²) in [5, 5.41) is 11.2. The number of benzene rings is 8. The number of nitrogens with zero attached hydrogens (tertiary/aromatic N) is 4. The highest BCUT2D eigenvalue weighted by atomic mass is 28.3. The molecule has 0 saturated carbocycles. The number of aromatic nitrogens is 3. The summed E-state index contributed by atoms with van der Waals surface area (Å²) in [6, 6.07) is 65.7. The van der Waals surface area contributed by atoms with Crippen LogP contribution in [0.15, 0.2) is 182 Å². The molecule has 5 nitrogen and oxygen atoms in total. The molecule has 0 unspecified atom stereocenters. The molecule has 1 aliphatic rings. The van der Waals surface area contributed by atoms with E-state index in [0.717, 1.165) is 45.1 Å². The Bertz CT molecular complexity index is 4150. The minimum Gasteiger partial charge on any atom is -0.457 e. The first-order valence-electron chi connectivity index (χ1n) is 26.7. The lowest BCUT2D eigenvalue weighted by atomic mass is 9.85. The van der Waals surface area contributed by atoms with Crippen molar-refractivity contribution >= 4 is 89.8 Å². The highest BCUT2D eigenvalue weighted by Gasteiger charge is 2.28. The quantitative estimate of drug-likeness (QED) is 0.156. The molecule has 8 aromatic carbocycles. The number of ether oxygens (including phenoxy) is 1. The minimum absolute atomic E-state index is 0.0213. The Morgan fingerprint density at radius 3 is 1.79 bits per heavy atom. The van der Waals surface area contributed by atoms with Gasteiger partial charge in [0.15, 0.2) is 0 Å². The van der Waals surface area contributed by atoms with Crippen molar-refractivity contribution in [3.05, 3.63) is 199 Å². The van der Waals surface area contributed by atoms with Crippen molar-refractivity contribution < 1.29 is 4.74 Å². The zero-order valence-corrected chi connectivity index (χ0v) is 46.7. The molecule has 11 aromatic rings. The zero-order valence-electron chi connectivity index (χ0n) is 45.7. The van der Waals surface area contributed by atoms with E-state index in [4.69, 9.17) is 9.72 Å². The lowest BCUT2D eigenvalue weighted by Gasteiger charge is -2.26. The van der Waals surface area contributed by atoms with Crippen molar-refractivity contribution in [1.82, 2.24) is 14.1 Å². The van der Waals surface area contributed by atoms with Gasteiger partial charge in [-0.2, -0.15) is 0 Å². The van der Waals surface area contributed by atoms with E-state index in [0.29, 0.717) is 6.67 Å². The summed E-state index contributed by atoms with van der Waals surface area (Å²) in [7, 11) is -1.74. The van der Waals surface area contributed by atoms with E-state index in [-0.39, 0.29) is 16.2 Å². The third-order valence-electron chi connectivity index (χ3n) is 15.7. The zero-order chi connectivity index (χ0) is 52.3. The van der Waals surface area contributed by atoms with Gasteiger partial charge in [-0.1, -0.05) is 196 Å². The van der Waals surface area contributed by atoms with Gasteiger partial charge in [0.05, 0.1) is 35.8 Å². The Labute approximate surface area is 443 Å². The van der Waals surface area contributed by atoms with Crippen molar-refractivity contribution in [2.45, 2.75) is 105 Å². The van der Waals surface area contributed by atoms with Crippen molar-refractivity contribution in [1.29, 1.82) is 0 Å². The Balaban J connectivity index is 1.08. The van der Waals surface area contributed by atoms with Crippen LogP contribution in [0, 0.1) is 0 Å². The maximum Gasteiger partial charge on any atom is 0.137 e. The van der Waals surface area contributed by atoms with Crippen LogP contribution in [0.5, 0.6) is 11.5 Å². The number of fused-ring (bicyclic) bond motifs is 10. The van der Waals surface area contributed by atoms with Crippen LogP contribution in [0.1, 0.15) is 79.0 Å². The van der Waals surface area contributed by atoms with Crippen molar-refractivity contribution in [2.24, 2.45) is 0 Å². The van der Waals surface area contributed by atoms with Gasteiger partial charge >= 0.3 is 0 Å². The Morgan fingerprint density at radius 2 is 1.05 bits per heavy atom. The molecule has 6 heteroatoms. The lowest BCUT2D eigenvalue weighted by molar-refractivity contribution is 0.483. The number of hydrogen-bond donors (Lipinski definition) is 0. The molecule has 3 aromatic heterocycles. The first-order valence-corrected chi connectivity index (χ1v) is 30.2. The van der Waals surface area contributed by atoms with Crippen LogP contribution in [-0.2, 0) is 22.9 Å². The normalized spacial score (nSPS) is 13.3. The minimum atomic E-state index is -1.74. The second-order valence-corrected chi connectivity index (χ2v) is 30.1. The van der Waals surface area contributed by atoms with Gasteiger partial charge < -0.3 is 14.2 Å². The number of rotatable bonds is 6. The van der Waals surface area contributed by atoms with E-state index >= 15 is 0 Å². The maximum absolute atomic E-state index is 6.96. The molecule has 1 aliphatic heterocycles. The number of para-hydroxylation sites is 3. The summed E-state index contributed by atoms with van der Waals surface area (Å²) in [5.41, 5.74) is 13.1. The second kappa shape index (κ2) is 17.5. The van der Waals surface area contributed by atoms with Crippen molar-refractivity contribution in [3.63, 3.8) is 0 Å². The maximum atomic E-state index is 6.96. The number of pyridine rings is 1. The topological polar surface area (TPSA) is 35.2 Å². The molecule has 0 saturated heterocycles. The first-order chi connectivity index (χ1) is 35.7. The van der Waals surface area contributed by atoms with E-state index in [2.05, 4.69) is 272 Å². The molecule has 0 aliphatic carbocycles. The van der Waals surface area contributed by atoms with Gasteiger partial charge in [0.1, 0.15) is 24.0 Å². The van der Waals surface area contributed by atoms with Gasteiger partial charge in [0.25, 0.3) is 0 Å². The van der Waals surface area contributed by atoms with Crippen LogP contribution in [-0.4, -0.2) is 22.2 Å². The van der Waals surface area contributed by atoms with Gasteiger partial charge in [-0.05, 0) is 115 Å². The fourth-order valence-electron chi connectivity index (χ4n) is 11.4. The second-order valence-electron chi connectivity index (χ2n) is 25.0. The number of anilines is 2. The predicted molar refractivity (Wildman–Crippen MR) is 324 cm³/mol. The molecular formula is C69H68N4OSi. The molecule has 374 valence electrons. The van der Waals surface area contributed by atoms with Gasteiger partial charge in [-0.15, -0.1) is 0 Å². The fourth-order valence-corrected chi connectivity index (χ4v) is 12.6. The highest BCUT2D eigenvalue weighted by molar-refractivity contribution is 6.88. The first kappa shape index (κ1) is 48.3. The molecule has 0 atom stereocenters. The van der Waals surface area contributed by atoms with Crippen LogP contribution in [0.25, 0.3) is 82.1 Å². The van der Waals surface area contributed by atoms with Gasteiger partial charge in [0, 0.05) is 51.1 Å². The average Bonchev–Trinajstić information content (AvgIpc) is 3.95. The van der Waals surface area contributed by atoms with Gasteiger partial charge in [0.2, 0.25) is 0 Å². The van der Waals surface area contributed by atoms with Crippen LogP contribution >= 0.6 is 0 Å². The summed E-state index contributed by atoms with van der Waals surface area (Å²) in [4.78, 5) is 7.43. The standard InChI is InChI=1S/C69H68N4OSi/c1-67(2,3)45-30-32-55-53-22-13-14-23-54(53)58-26-18-25-52(44-36-47(69(7,8)9)38-51(37-44)75(10,11)12)65(58)72-43-71(62-29-19-27-59(66(62)72)60(55)39-45)48-20-17-21-49(41-48)74-50-31-33-57-56-24-15-16-28-61(56)73(63(57)42-50)64-40-46(34-35-70-64)68(4,5)6/h13-42H,43H2,1-12H3. The Kier molecular flexibility index (Phi) is 11.2. The van der Waals surface area contributed by atoms with E-state index in [1.807, 2.05) is 6.20 Å². The van der Waals surface area contributed by atoms with Crippen LogP contribution < -0.4 is 14.8 Å². The fraction of sp³-hybridized carbons (Fsp3) is 0.232. The monoisotopic (exact) mass is 997 g/mol. The smallest absolute Gasteiger partial charge is 0.137 e. The Hall–Kier alpha value is -7.67. The molecule has 0 N–H and O–H groups in total. The molecule has 0 spiro atoms. The third kappa shape index (κ3) is 8.44. The lowest BCUT2D eigenvalue weighted by Crippen LogP contribution is -2.38. The number of hydrogen-bond acceptors (Lipinski definition) is 3. The van der Waals surface area contributed by atoms with E-state index in [1.54, 1.807) is 0 Å². The Morgan fingerprint density at radius 1 is 0.453 bits per heavy atom. The largest absolute Gasteiger partial charge is 0.457 e. The molecule has 4 heterocycles. The molecular weight excluding hydrogens is 929 g/mol. The molecule has 0 bridgehead atoms. The SMILES string of the molecule is CC(C)(C)c1cc(-c2cccc3c4ccccc4c4ccc(C(C)(C)C)cc4c4cccc5c4n(c23)CN5c2cccc(Oc3ccc4c5ccccc5n(-c5cc(C(C)(C)C)ccn5)c4c3)c2)cc([Si](C)(C)C)c1. The van der Waals surface area contributed by atoms with E-state index in [9.17, 15) is 0 Å².